The van der Waals surface area contributed by atoms with E-state index in [2.05, 4.69) is 111 Å². The van der Waals surface area contributed by atoms with Crippen LogP contribution < -0.4 is 0 Å². The van der Waals surface area contributed by atoms with Crippen LogP contribution in [-0.2, 0) is 29.8 Å². The van der Waals surface area contributed by atoms with E-state index in [0.717, 1.165) is 6.42 Å². The number of rotatable bonds is 1. The Balaban J connectivity index is 0. The van der Waals surface area contributed by atoms with Gasteiger partial charge < -0.3 is 14.9 Å². The molecule has 0 spiro atoms. The van der Waals surface area contributed by atoms with E-state index in [9.17, 15) is 0 Å². The monoisotopic (exact) mass is 540 g/mol. The second-order valence-corrected chi connectivity index (χ2v) is 6.43. The fourth-order valence-corrected chi connectivity index (χ4v) is 3.36. The fourth-order valence-electron chi connectivity index (χ4n) is 3.36. The maximum absolute atomic E-state index is 3.16. The van der Waals surface area contributed by atoms with Gasteiger partial charge in [0.2, 0.25) is 0 Å². The third-order valence-corrected chi connectivity index (χ3v) is 4.58. The zero-order valence-corrected chi connectivity index (χ0v) is 23.3. The molecule has 0 aromatic heterocycles. The average molecular weight is 543 g/mol. The summed E-state index contributed by atoms with van der Waals surface area (Å²) in [5.74, 6) is 0. The number of halogens is 2. The summed E-state index contributed by atoms with van der Waals surface area (Å²) in [6.45, 7) is 5.21. The van der Waals surface area contributed by atoms with Crippen molar-refractivity contribution in [1.82, 2.24) is 0 Å². The molecule has 0 fully saturated rings. The third-order valence-electron chi connectivity index (χ3n) is 4.58. The van der Waals surface area contributed by atoms with Crippen LogP contribution in [0.25, 0.3) is 28.0 Å². The van der Waals surface area contributed by atoms with E-state index in [0.29, 0.717) is 0 Å². The third kappa shape index (κ3) is 8.28. The SMILES string of the molecule is Cc1cc2c(-c3ccccc3)cccc2[cH-]1.Cl.Cl.[C-]1=Cc2ccccc2C1.[CH3-].[CH3-].[Si]=[Zr]. The predicted octanol–water partition coefficient (Wildman–Crippen LogP) is 7.95. The molecule has 0 bridgehead atoms. The molecular formula is C27H28Cl2SiZr-4. The summed E-state index contributed by atoms with van der Waals surface area (Å²) >= 11 is 1.36. The molecule has 0 aliphatic heterocycles. The molecule has 31 heavy (non-hydrogen) atoms. The van der Waals surface area contributed by atoms with Gasteiger partial charge in [0.25, 0.3) is 0 Å². The van der Waals surface area contributed by atoms with Crippen LogP contribution in [0.1, 0.15) is 16.7 Å². The van der Waals surface area contributed by atoms with Crippen LogP contribution in [0.5, 0.6) is 0 Å². The van der Waals surface area contributed by atoms with E-state index >= 15 is 0 Å². The van der Waals surface area contributed by atoms with Crippen molar-refractivity contribution in [2.24, 2.45) is 0 Å². The molecule has 0 amide bonds. The van der Waals surface area contributed by atoms with Crippen molar-refractivity contribution in [3.8, 4) is 11.1 Å². The van der Waals surface area contributed by atoms with E-state index in [1.165, 1.54) is 61.9 Å². The molecule has 0 unspecified atom stereocenters. The molecule has 4 aromatic rings. The first kappa shape index (κ1) is 31.9. The van der Waals surface area contributed by atoms with E-state index < -0.39 is 0 Å². The molecule has 4 aromatic carbocycles. The van der Waals surface area contributed by atoms with Crippen LogP contribution in [0.15, 0.2) is 84.9 Å². The number of aryl methyl sites for hydroxylation is 1. The molecule has 1 aliphatic carbocycles. The van der Waals surface area contributed by atoms with Gasteiger partial charge >= 0.3 is 30.2 Å². The predicted molar refractivity (Wildman–Crippen MR) is 141 cm³/mol. The number of hydrogen-bond donors (Lipinski definition) is 0. The van der Waals surface area contributed by atoms with Gasteiger partial charge in [-0.3, -0.25) is 6.08 Å². The Kier molecular flexibility index (Phi) is 16.8. The van der Waals surface area contributed by atoms with Gasteiger partial charge in [-0.15, -0.1) is 77.4 Å². The minimum atomic E-state index is 0. The quantitative estimate of drug-likeness (QED) is 0.169. The first-order chi connectivity index (χ1) is 13.3. The Labute approximate surface area is 217 Å². The first-order valence-corrected chi connectivity index (χ1v) is 13.1. The van der Waals surface area contributed by atoms with Gasteiger partial charge in [-0.2, -0.15) is 11.6 Å². The van der Waals surface area contributed by atoms with Crippen molar-refractivity contribution in [1.29, 1.82) is 0 Å². The van der Waals surface area contributed by atoms with Gasteiger partial charge in [0, 0.05) is 0 Å². The molecule has 4 heteroatoms. The summed E-state index contributed by atoms with van der Waals surface area (Å²) < 4.78 is 0. The van der Waals surface area contributed by atoms with E-state index in [-0.39, 0.29) is 39.7 Å². The molecular weight excluding hydrogens is 515 g/mol. The van der Waals surface area contributed by atoms with Crippen molar-refractivity contribution in [3.63, 3.8) is 0 Å². The van der Waals surface area contributed by atoms with Crippen molar-refractivity contribution in [3.05, 3.63) is 123 Å². The molecule has 5 rings (SSSR count). The van der Waals surface area contributed by atoms with Gasteiger partial charge in [0.1, 0.15) is 0 Å². The molecule has 0 N–H and O–H groups in total. The Bertz CT molecular complexity index is 1060. The van der Waals surface area contributed by atoms with Crippen LogP contribution in [0, 0.1) is 27.9 Å². The molecule has 0 atom stereocenters. The molecule has 162 valence electrons. The standard InChI is InChI=1S/C16H13.C9H7.2CH3.2ClH.Si.Zr/c1-12-10-14-8-5-9-15(16(14)11-12)13-6-3-2-4-7-13;1-2-5-9-7-3-6-8(9)4-1;;;;;;/h2-11H,1H3;1-2,4-6H,7H2;2*1H3;2*1H;;/q4*-1;;;;. The summed E-state index contributed by atoms with van der Waals surface area (Å²) in [5.41, 5.74) is 6.68. The summed E-state index contributed by atoms with van der Waals surface area (Å²) in [4.78, 5) is 0. The molecule has 0 saturated heterocycles. The van der Waals surface area contributed by atoms with Crippen LogP contribution in [-0.4, -0.2) is 6.88 Å². The Morgan fingerprint density at radius 3 is 2.16 bits per heavy atom. The topological polar surface area (TPSA) is 0 Å². The molecule has 2 radical (unpaired) electrons. The zero-order valence-electron chi connectivity index (χ0n) is 18.2. The van der Waals surface area contributed by atoms with Gasteiger partial charge in [-0.25, -0.2) is 6.08 Å². The van der Waals surface area contributed by atoms with Crippen LogP contribution in [0.3, 0.4) is 0 Å². The molecule has 0 saturated carbocycles. The Morgan fingerprint density at radius 1 is 0.839 bits per heavy atom. The van der Waals surface area contributed by atoms with Gasteiger partial charge in [-0.05, 0) is 5.56 Å². The normalized spacial score (nSPS) is 9.68. The van der Waals surface area contributed by atoms with Gasteiger partial charge in [0.05, 0.1) is 0 Å². The van der Waals surface area contributed by atoms with E-state index in [4.69, 9.17) is 0 Å². The number of benzene rings is 3. The summed E-state index contributed by atoms with van der Waals surface area (Å²) in [7, 11) is 0. The van der Waals surface area contributed by atoms with Crippen LogP contribution >= 0.6 is 24.8 Å². The zero-order chi connectivity index (χ0) is 19.1. The second-order valence-electron chi connectivity index (χ2n) is 6.43. The Morgan fingerprint density at radius 2 is 1.48 bits per heavy atom. The van der Waals surface area contributed by atoms with Crippen molar-refractivity contribution in [2.45, 2.75) is 13.3 Å². The minimum absolute atomic E-state index is 0. The number of allylic oxidation sites excluding steroid dienone is 1. The van der Waals surface area contributed by atoms with Crippen LogP contribution in [0.4, 0.5) is 0 Å². The fraction of sp³-hybridized carbons (Fsp3) is 0.0741. The van der Waals surface area contributed by atoms with Gasteiger partial charge in [0.15, 0.2) is 0 Å². The number of hydrogen-bond acceptors (Lipinski definition) is 0. The molecule has 0 heterocycles. The maximum atomic E-state index is 3.16. The second kappa shape index (κ2) is 16.3. The average Bonchev–Trinajstić information content (AvgIpc) is 3.36. The summed E-state index contributed by atoms with van der Waals surface area (Å²) in [6, 6.07) is 29.9. The van der Waals surface area contributed by atoms with Gasteiger partial charge in [-0.1, -0.05) is 67.1 Å². The van der Waals surface area contributed by atoms with Crippen molar-refractivity contribution in [2.75, 3.05) is 0 Å². The van der Waals surface area contributed by atoms with Crippen molar-refractivity contribution < 1.29 is 23.3 Å². The first-order valence-electron chi connectivity index (χ1n) is 8.92. The molecule has 1 aliphatic rings. The number of fused-ring (bicyclic) bond motifs is 2. The van der Waals surface area contributed by atoms with Crippen LogP contribution in [0.2, 0.25) is 0 Å². The molecule has 0 nitrogen and oxygen atoms in total. The summed E-state index contributed by atoms with van der Waals surface area (Å²) in [5, 5.41) is 2.69. The van der Waals surface area contributed by atoms with E-state index in [1.54, 1.807) is 0 Å². The summed E-state index contributed by atoms with van der Waals surface area (Å²) in [6.07, 6.45) is 6.21. The Hall–Kier alpha value is -1.31. The van der Waals surface area contributed by atoms with E-state index in [1.807, 2.05) is 0 Å². The van der Waals surface area contributed by atoms with Crippen molar-refractivity contribution >= 4 is 48.5 Å².